The smallest absolute Gasteiger partial charge is 0.305 e. The summed E-state index contributed by atoms with van der Waals surface area (Å²) in [6.07, 6.45) is 5.47. The summed E-state index contributed by atoms with van der Waals surface area (Å²) in [5, 5.41) is 3.57. The molecule has 18 heavy (non-hydrogen) atoms. The molecular formula is C14H26N2O2. The Labute approximate surface area is 110 Å². The molecule has 4 nitrogen and oxygen atoms in total. The van der Waals surface area contributed by atoms with Crippen molar-refractivity contribution in [3.8, 4) is 0 Å². The minimum Gasteiger partial charge on any atom is -0.469 e. The maximum atomic E-state index is 11.2. The van der Waals surface area contributed by atoms with Gasteiger partial charge in [-0.1, -0.05) is 6.92 Å². The summed E-state index contributed by atoms with van der Waals surface area (Å²) in [5.41, 5.74) is 0. The van der Waals surface area contributed by atoms with Gasteiger partial charge in [0.2, 0.25) is 0 Å². The van der Waals surface area contributed by atoms with Crippen LogP contribution in [0.4, 0.5) is 0 Å². The molecule has 0 radical (unpaired) electrons. The number of hydrogen-bond donors (Lipinski definition) is 1. The number of esters is 1. The molecule has 1 heterocycles. The summed E-state index contributed by atoms with van der Waals surface area (Å²) in [4.78, 5) is 13.9. The zero-order valence-corrected chi connectivity index (χ0v) is 11.7. The van der Waals surface area contributed by atoms with Crippen molar-refractivity contribution in [2.45, 2.75) is 51.1 Å². The van der Waals surface area contributed by atoms with Gasteiger partial charge in [0, 0.05) is 31.6 Å². The molecule has 1 aliphatic heterocycles. The van der Waals surface area contributed by atoms with E-state index in [0.29, 0.717) is 18.4 Å². The number of methoxy groups -OCH3 is 1. The Morgan fingerprint density at radius 2 is 2.17 bits per heavy atom. The van der Waals surface area contributed by atoms with E-state index in [-0.39, 0.29) is 5.97 Å². The van der Waals surface area contributed by atoms with E-state index in [0.717, 1.165) is 19.0 Å². The SMILES string of the molecule is CCNC1CC(CCC(=O)OC)CN(C2CC2)C1. The van der Waals surface area contributed by atoms with Crippen LogP contribution in [0.25, 0.3) is 0 Å². The molecule has 0 aromatic carbocycles. The largest absolute Gasteiger partial charge is 0.469 e. The van der Waals surface area contributed by atoms with Gasteiger partial charge in [0.1, 0.15) is 0 Å². The van der Waals surface area contributed by atoms with E-state index in [1.165, 1.54) is 39.5 Å². The highest BCUT2D eigenvalue weighted by atomic mass is 16.5. The first-order valence-electron chi connectivity index (χ1n) is 7.27. The number of likely N-dealkylation sites (tertiary alicyclic amines) is 1. The molecule has 2 aliphatic rings. The van der Waals surface area contributed by atoms with Gasteiger partial charge in [0.25, 0.3) is 0 Å². The van der Waals surface area contributed by atoms with Crippen LogP contribution in [0, 0.1) is 5.92 Å². The highest BCUT2D eigenvalue weighted by Crippen LogP contribution is 2.32. The summed E-state index contributed by atoms with van der Waals surface area (Å²) in [6, 6.07) is 1.43. The first-order chi connectivity index (χ1) is 8.72. The third-order valence-electron chi connectivity index (χ3n) is 4.11. The zero-order chi connectivity index (χ0) is 13.0. The van der Waals surface area contributed by atoms with Crippen molar-refractivity contribution in [3.05, 3.63) is 0 Å². The van der Waals surface area contributed by atoms with Crippen LogP contribution in [0.2, 0.25) is 0 Å². The average molecular weight is 254 g/mol. The van der Waals surface area contributed by atoms with Crippen molar-refractivity contribution in [2.75, 3.05) is 26.7 Å². The lowest BCUT2D eigenvalue weighted by molar-refractivity contribution is -0.141. The molecule has 4 heteroatoms. The van der Waals surface area contributed by atoms with Gasteiger partial charge in [-0.25, -0.2) is 0 Å². The summed E-state index contributed by atoms with van der Waals surface area (Å²) < 4.78 is 4.73. The third kappa shape index (κ3) is 3.95. The van der Waals surface area contributed by atoms with Gasteiger partial charge in [0.15, 0.2) is 0 Å². The highest BCUT2D eigenvalue weighted by molar-refractivity contribution is 5.69. The number of ether oxygens (including phenoxy) is 1. The van der Waals surface area contributed by atoms with Gasteiger partial charge in [-0.2, -0.15) is 0 Å². The Morgan fingerprint density at radius 3 is 2.78 bits per heavy atom. The fraction of sp³-hybridized carbons (Fsp3) is 0.929. The van der Waals surface area contributed by atoms with Gasteiger partial charge >= 0.3 is 5.97 Å². The zero-order valence-electron chi connectivity index (χ0n) is 11.7. The van der Waals surface area contributed by atoms with Crippen LogP contribution in [0.15, 0.2) is 0 Å². The topological polar surface area (TPSA) is 41.6 Å². The third-order valence-corrected chi connectivity index (χ3v) is 4.11. The molecular weight excluding hydrogens is 228 g/mol. The van der Waals surface area contributed by atoms with Crippen LogP contribution in [0.3, 0.4) is 0 Å². The van der Waals surface area contributed by atoms with Crippen LogP contribution in [0.5, 0.6) is 0 Å². The quantitative estimate of drug-likeness (QED) is 0.728. The second-order valence-electron chi connectivity index (χ2n) is 5.66. The molecule has 0 amide bonds. The lowest BCUT2D eigenvalue weighted by Gasteiger charge is -2.38. The molecule has 1 saturated carbocycles. The van der Waals surface area contributed by atoms with Crippen molar-refractivity contribution in [1.82, 2.24) is 10.2 Å². The molecule has 2 unspecified atom stereocenters. The maximum Gasteiger partial charge on any atom is 0.305 e. The molecule has 0 aromatic rings. The predicted octanol–water partition coefficient (Wildman–Crippen LogP) is 1.40. The fourth-order valence-electron chi connectivity index (χ4n) is 3.05. The Kier molecular flexibility index (Phi) is 5.01. The molecule has 0 spiro atoms. The monoisotopic (exact) mass is 254 g/mol. The summed E-state index contributed by atoms with van der Waals surface area (Å²) in [5.74, 6) is 0.570. The van der Waals surface area contributed by atoms with E-state index in [1.807, 2.05) is 0 Å². The average Bonchev–Trinajstić information content (AvgIpc) is 3.20. The number of hydrogen-bond acceptors (Lipinski definition) is 4. The Bertz CT molecular complexity index is 279. The first kappa shape index (κ1) is 13.8. The lowest BCUT2D eigenvalue weighted by Crippen LogP contribution is -2.50. The minimum absolute atomic E-state index is 0.0708. The number of nitrogens with zero attached hydrogens (tertiary/aromatic N) is 1. The van der Waals surface area contributed by atoms with E-state index in [1.54, 1.807) is 0 Å². The standard InChI is InChI=1S/C14H26N2O2/c1-3-15-12-8-11(4-7-14(17)18-2)9-16(10-12)13-5-6-13/h11-13,15H,3-10H2,1-2H3. The van der Waals surface area contributed by atoms with Gasteiger partial charge in [-0.3, -0.25) is 9.69 Å². The van der Waals surface area contributed by atoms with Crippen molar-refractivity contribution in [1.29, 1.82) is 0 Å². The Morgan fingerprint density at radius 1 is 1.39 bits per heavy atom. The Hall–Kier alpha value is -0.610. The van der Waals surface area contributed by atoms with Crippen molar-refractivity contribution in [2.24, 2.45) is 5.92 Å². The van der Waals surface area contributed by atoms with E-state index >= 15 is 0 Å². The van der Waals surface area contributed by atoms with Crippen LogP contribution >= 0.6 is 0 Å². The maximum absolute atomic E-state index is 11.2. The number of nitrogens with one attached hydrogen (secondary N) is 1. The first-order valence-corrected chi connectivity index (χ1v) is 7.27. The summed E-state index contributed by atoms with van der Waals surface area (Å²) >= 11 is 0. The number of piperidine rings is 1. The predicted molar refractivity (Wildman–Crippen MR) is 71.4 cm³/mol. The minimum atomic E-state index is -0.0708. The van der Waals surface area contributed by atoms with Crippen LogP contribution < -0.4 is 5.32 Å². The van der Waals surface area contributed by atoms with Crippen molar-refractivity contribution in [3.63, 3.8) is 0 Å². The van der Waals surface area contributed by atoms with E-state index in [2.05, 4.69) is 17.1 Å². The number of likely N-dealkylation sites (N-methyl/N-ethyl adjacent to an activating group) is 1. The van der Waals surface area contributed by atoms with Crippen LogP contribution in [-0.2, 0) is 9.53 Å². The summed E-state index contributed by atoms with van der Waals surface area (Å²) in [7, 11) is 1.47. The molecule has 0 aromatic heterocycles. The second-order valence-corrected chi connectivity index (χ2v) is 5.66. The fourth-order valence-corrected chi connectivity index (χ4v) is 3.05. The van der Waals surface area contributed by atoms with E-state index < -0.39 is 0 Å². The number of carbonyl (C=O) groups excluding carboxylic acids is 1. The molecule has 1 N–H and O–H groups in total. The van der Waals surface area contributed by atoms with Crippen LogP contribution in [-0.4, -0.2) is 49.7 Å². The summed E-state index contributed by atoms with van der Waals surface area (Å²) in [6.45, 7) is 5.56. The molecule has 2 fully saturated rings. The molecule has 2 rings (SSSR count). The molecule has 104 valence electrons. The van der Waals surface area contributed by atoms with Crippen molar-refractivity contribution >= 4 is 5.97 Å². The number of carbonyl (C=O) groups is 1. The molecule has 1 saturated heterocycles. The Balaban J connectivity index is 1.82. The second kappa shape index (κ2) is 6.53. The van der Waals surface area contributed by atoms with Gasteiger partial charge in [-0.15, -0.1) is 0 Å². The van der Waals surface area contributed by atoms with E-state index in [4.69, 9.17) is 4.74 Å². The number of rotatable bonds is 6. The highest BCUT2D eigenvalue weighted by Gasteiger charge is 2.35. The van der Waals surface area contributed by atoms with E-state index in [9.17, 15) is 4.79 Å². The van der Waals surface area contributed by atoms with Crippen molar-refractivity contribution < 1.29 is 9.53 Å². The van der Waals surface area contributed by atoms with Gasteiger partial charge < -0.3 is 10.1 Å². The molecule has 1 aliphatic carbocycles. The van der Waals surface area contributed by atoms with Gasteiger partial charge in [0.05, 0.1) is 7.11 Å². The lowest BCUT2D eigenvalue weighted by atomic mass is 9.90. The molecule has 0 bridgehead atoms. The van der Waals surface area contributed by atoms with Gasteiger partial charge in [-0.05, 0) is 38.1 Å². The normalized spacial score (nSPS) is 29.2. The molecule has 2 atom stereocenters. The van der Waals surface area contributed by atoms with Crippen LogP contribution in [0.1, 0.15) is 39.0 Å².